The van der Waals surface area contributed by atoms with Crippen molar-refractivity contribution in [1.82, 2.24) is 0 Å². The summed E-state index contributed by atoms with van der Waals surface area (Å²) in [4.78, 5) is 13.3. The highest BCUT2D eigenvalue weighted by Gasteiger charge is 2.52. The van der Waals surface area contributed by atoms with Crippen LogP contribution in [0.15, 0.2) is 33.5 Å². The molecule has 0 radical (unpaired) electrons. The molecule has 2 aromatic carbocycles. The third-order valence-corrected chi connectivity index (χ3v) is 5.41. The van der Waals surface area contributed by atoms with Crippen molar-refractivity contribution in [3.63, 3.8) is 0 Å². The first-order valence-electron chi connectivity index (χ1n) is 9.75. The summed E-state index contributed by atoms with van der Waals surface area (Å²) in [5.41, 5.74) is -1.69. The molecule has 0 aliphatic carbocycles. The second-order valence-corrected chi connectivity index (χ2v) is 7.68. The Hall–Kier alpha value is -3.75. The van der Waals surface area contributed by atoms with Crippen LogP contribution in [0.5, 0.6) is 34.5 Å². The molecule has 4 unspecified atom stereocenters. The molecular weight excluding hydrogens is 460 g/mol. The molecule has 34 heavy (non-hydrogen) atoms. The lowest BCUT2D eigenvalue weighted by atomic mass is 9.97. The monoisotopic (exact) mass is 480 g/mol. The van der Waals surface area contributed by atoms with Gasteiger partial charge in [0.1, 0.15) is 47.4 Å². The van der Waals surface area contributed by atoms with Gasteiger partial charge in [-0.2, -0.15) is 0 Å². The molecule has 13 heteroatoms. The average Bonchev–Trinajstić information content (AvgIpc) is 2.78. The Balaban J connectivity index is 2.01. The molecule has 2 heterocycles. The van der Waals surface area contributed by atoms with Gasteiger partial charge in [-0.15, -0.1) is 0 Å². The number of hydrogen-bond acceptors (Lipinski definition) is 13. The summed E-state index contributed by atoms with van der Waals surface area (Å²) in [5, 5.41) is 89.2. The minimum absolute atomic E-state index is 0.247. The maximum absolute atomic E-state index is 13.3. The molecule has 4 atom stereocenters. The number of benzene rings is 2. The van der Waals surface area contributed by atoms with Crippen molar-refractivity contribution in [3.8, 4) is 45.8 Å². The summed E-state index contributed by atoms with van der Waals surface area (Å²) in [7, 11) is 0. The first-order chi connectivity index (χ1) is 16.0. The van der Waals surface area contributed by atoms with Gasteiger partial charge in [0.2, 0.25) is 11.2 Å². The van der Waals surface area contributed by atoms with E-state index in [0.717, 1.165) is 24.3 Å². The molecule has 1 aromatic heterocycles. The minimum Gasteiger partial charge on any atom is -0.508 e. The molecule has 182 valence electrons. The molecule has 9 N–H and O–H groups in total. The Morgan fingerprint density at radius 3 is 2.24 bits per heavy atom. The van der Waals surface area contributed by atoms with Crippen LogP contribution in [-0.2, 0) is 4.74 Å². The number of rotatable bonds is 4. The topological polar surface area (TPSA) is 231 Å². The van der Waals surface area contributed by atoms with Gasteiger partial charge in [0.05, 0.1) is 6.61 Å². The number of hydrogen-bond donors (Lipinski definition) is 9. The summed E-state index contributed by atoms with van der Waals surface area (Å²) in [6.45, 7) is -1.73. The van der Waals surface area contributed by atoms with E-state index in [4.69, 9.17) is 13.9 Å². The fourth-order valence-corrected chi connectivity index (χ4v) is 3.60. The van der Waals surface area contributed by atoms with Crippen LogP contribution in [0.2, 0.25) is 0 Å². The predicted molar refractivity (Wildman–Crippen MR) is 111 cm³/mol. The Bertz CT molecular complexity index is 1290. The van der Waals surface area contributed by atoms with Crippen molar-refractivity contribution >= 4 is 11.0 Å². The first kappa shape index (κ1) is 23.4. The molecule has 1 aliphatic heterocycles. The highest BCUT2D eigenvalue weighted by molar-refractivity contribution is 5.88. The molecular formula is C21H20O13. The zero-order chi connectivity index (χ0) is 24.9. The lowest BCUT2D eigenvalue weighted by Crippen LogP contribution is -2.65. The maximum Gasteiger partial charge on any atom is 0.263 e. The molecule has 0 bridgehead atoms. The van der Waals surface area contributed by atoms with E-state index in [-0.39, 0.29) is 11.1 Å². The van der Waals surface area contributed by atoms with Gasteiger partial charge in [-0.25, -0.2) is 0 Å². The van der Waals surface area contributed by atoms with Gasteiger partial charge in [0.15, 0.2) is 23.0 Å². The van der Waals surface area contributed by atoms with E-state index in [2.05, 4.69) is 0 Å². The van der Waals surface area contributed by atoms with Crippen molar-refractivity contribution in [2.45, 2.75) is 24.1 Å². The van der Waals surface area contributed by atoms with Crippen molar-refractivity contribution in [3.05, 3.63) is 34.5 Å². The molecule has 0 amide bonds. The van der Waals surface area contributed by atoms with E-state index in [1.807, 2.05) is 0 Å². The number of aliphatic hydroxyl groups excluding tert-OH is 4. The second-order valence-electron chi connectivity index (χ2n) is 7.68. The van der Waals surface area contributed by atoms with E-state index >= 15 is 0 Å². The van der Waals surface area contributed by atoms with Gasteiger partial charge in [0.25, 0.3) is 5.79 Å². The molecule has 1 saturated heterocycles. The van der Waals surface area contributed by atoms with Crippen molar-refractivity contribution < 1.29 is 59.8 Å². The molecule has 13 nitrogen and oxygen atoms in total. The van der Waals surface area contributed by atoms with E-state index in [9.17, 15) is 50.8 Å². The normalized spacial score (nSPS) is 24.9. The highest BCUT2D eigenvalue weighted by atomic mass is 16.7. The molecule has 1 fully saturated rings. The largest absolute Gasteiger partial charge is 0.508 e. The highest BCUT2D eigenvalue weighted by Crippen LogP contribution is 2.43. The lowest BCUT2D eigenvalue weighted by molar-refractivity contribution is -0.318. The number of aromatic hydroxyl groups is 5. The fourth-order valence-electron chi connectivity index (χ4n) is 3.60. The number of aliphatic hydroxyl groups is 4. The van der Waals surface area contributed by atoms with Crippen molar-refractivity contribution in [2.75, 3.05) is 13.2 Å². The van der Waals surface area contributed by atoms with E-state index < -0.39 is 88.4 Å². The van der Waals surface area contributed by atoms with Crippen LogP contribution in [-0.4, -0.2) is 83.3 Å². The Morgan fingerprint density at radius 1 is 0.971 bits per heavy atom. The maximum atomic E-state index is 13.3. The Labute approximate surface area is 189 Å². The van der Waals surface area contributed by atoms with Crippen LogP contribution in [0.1, 0.15) is 0 Å². The van der Waals surface area contributed by atoms with Crippen molar-refractivity contribution in [2.24, 2.45) is 0 Å². The molecule has 0 spiro atoms. The summed E-state index contributed by atoms with van der Waals surface area (Å²) < 4.78 is 16.4. The average molecular weight is 480 g/mol. The number of phenolic OH excluding ortho intramolecular Hbond substituents is 5. The van der Waals surface area contributed by atoms with E-state index in [1.54, 1.807) is 0 Å². The number of phenols is 5. The quantitative estimate of drug-likeness (QED) is 0.208. The molecule has 1 aliphatic rings. The molecule has 0 saturated carbocycles. The van der Waals surface area contributed by atoms with Crippen LogP contribution >= 0.6 is 0 Å². The summed E-state index contributed by atoms with van der Waals surface area (Å²) in [5.74, 6) is -7.52. The van der Waals surface area contributed by atoms with Crippen molar-refractivity contribution in [1.29, 1.82) is 0 Å². The van der Waals surface area contributed by atoms with Gasteiger partial charge in [0, 0.05) is 17.7 Å². The summed E-state index contributed by atoms with van der Waals surface area (Å²) in [6.07, 6.45) is -5.45. The SMILES string of the molecule is O=c1c(OC2(CO)OCC(O)C(O)C2O)c(-c2cc(O)c(O)c(O)c2)oc2cc(O)cc(O)c12. The molecule has 3 aromatic rings. The van der Waals surface area contributed by atoms with Gasteiger partial charge in [-0.05, 0) is 12.1 Å². The summed E-state index contributed by atoms with van der Waals surface area (Å²) >= 11 is 0. The number of ether oxygens (including phenoxy) is 2. The van der Waals surface area contributed by atoms with Crippen LogP contribution < -0.4 is 10.2 Å². The van der Waals surface area contributed by atoms with Gasteiger partial charge in [-0.3, -0.25) is 4.79 Å². The minimum atomic E-state index is -2.48. The smallest absolute Gasteiger partial charge is 0.263 e. The Morgan fingerprint density at radius 2 is 1.62 bits per heavy atom. The standard InChI is InChI=1S/C21H20O13/c22-6-21(20(31)16(29)12(27)5-32-21)34-19-17(30)14-9(24)3-8(23)4-13(14)33-18(19)7-1-10(25)15(28)11(26)2-7/h1-4,12,16,20,22-29,31H,5-6H2. The third kappa shape index (κ3) is 3.61. The predicted octanol–water partition coefficient (Wildman–Crippen LogP) is -0.832. The summed E-state index contributed by atoms with van der Waals surface area (Å²) in [6, 6.07) is 3.60. The van der Waals surface area contributed by atoms with E-state index in [1.165, 1.54) is 0 Å². The van der Waals surface area contributed by atoms with Crippen LogP contribution in [0.25, 0.3) is 22.3 Å². The lowest BCUT2D eigenvalue weighted by Gasteiger charge is -2.43. The van der Waals surface area contributed by atoms with Gasteiger partial charge < -0.3 is 59.8 Å². The van der Waals surface area contributed by atoms with Crippen LogP contribution in [0.4, 0.5) is 0 Å². The van der Waals surface area contributed by atoms with Gasteiger partial charge >= 0.3 is 0 Å². The van der Waals surface area contributed by atoms with Crippen LogP contribution in [0.3, 0.4) is 0 Å². The third-order valence-electron chi connectivity index (χ3n) is 5.41. The zero-order valence-electron chi connectivity index (χ0n) is 17.1. The van der Waals surface area contributed by atoms with Gasteiger partial charge in [-0.1, -0.05) is 0 Å². The fraction of sp³-hybridized carbons (Fsp3) is 0.286. The number of fused-ring (bicyclic) bond motifs is 1. The Kier molecular flexibility index (Phi) is 5.67. The van der Waals surface area contributed by atoms with E-state index in [0.29, 0.717) is 0 Å². The first-order valence-corrected chi connectivity index (χ1v) is 9.75. The second kappa shape index (κ2) is 8.23. The molecule has 4 rings (SSSR count). The van der Waals surface area contributed by atoms with Crippen LogP contribution in [0, 0.1) is 0 Å². The zero-order valence-corrected chi connectivity index (χ0v) is 17.1.